The van der Waals surface area contributed by atoms with Gasteiger partial charge in [-0.15, -0.1) is 0 Å². The summed E-state index contributed by atoms with van der Waals surface area (Å²) in [7, 11) is 3.09. The van der Waals surface area contributed by atoms with Crippen LogP contribution in [0.25, 0.3) is 10.8 Å². The number of ether oxygens (including phenoxy) is 3. The summed E-state index contributed by atoms with van der Waals surface area (Å²) in [5.41, 5.74) is 0.471. The minimum absolute atomic E-state index is 0.0588. The smallest absolute Gasteiger partial charge is 0.203 e. The lowest BCUT2D eigenvalue weighted by Crippen LogP contribution is -2.13. The molecule has 3 rings (SSSR count). The number of rotatable bonds is 6. The molecule has 0 heterocycles. The minimum atomic E-state index is -0.151. The zero-order valence-corrected chi connectivity index (χ0v) is 13.6. The molecule has 0 unspecified atom stereocenters. The van der Waals surface area contributed by atoms with E-state index in [9.17, 15) is 4.79 Å². The third kappa shape index (κ3) is 3.18. The Bertz CT molecular complexity index is 865. The van der Waals surface area contributed by atoms with Crippen molar-refractivity contribution < 1.29 is 19.0 Å². The van der Waals surface area contributed by atoms with Crippen LogP contribution in [0.2, 0.25) is 0 Å². The Balaban J connectivity index is 1.80. The highest BCUT2D eigenvalue weighted by Gasteiger charge is 2.14. The Kier molecular flexibility index (Phi) is 4.66. The summed E-state index contributed by atoms with van der Waals surface area (Å²) < 4.78 is 16.2. The van der Waals surface area contributed by atoms with Gasteiger partial charge in [0, 0.05) is 11.5 Å². The van der Waals surface area contributed by atoms with Crippen molar-refractivity contribution in [2.75, 3.05) is 20.8 Å². The molecular weight excluding hydrogens is 304 g/mol. The fourth-order valence-corrected chi connectivity index (χ4v) is 2.57. The van der Waals surface area contributed by atoms with Gasteiger partial charge in [-0.05, 0) is 23.6 Å². The molecule has 3 aromatic carbocycles. The molecule has 4 nitrogen and oxygen atoms in total. The molecule has 0 aliphatic rings. The Labute approximate surface area is 140 Å². The van der Waals surface area contributed by atoms with Crippen LogP contribution in [-0.4, -0.2) is 26.6 Å². The number of carbonyl (C=O) groups excluding carboxylic acids is 1. The molecule has 3 aromatic rings. The summed E-state index contributed by atoms with van der Waals surface area (Å²) in [4.78, 5) is 12.5. The Hall–Kier alpha value is -3.01. The number of carbonyl (C=O) groups is 1. The Morgan fingerprint density at radius 2 is 1.67 bits per heavy atom. The molecule has 0 aliphatic carbocycles. The van der Waals surface area contributed by atoms with E-state index in [4.69, 9.17) is 14.2 Å². The van der Waals surface area contributed by atoms with Crippen molar-refractivity contribution in [3.05, 3.63) is 66.2 Å². The summed E-state index contributed by atoms with van der Waals surface area (Å²) in [5.74, 6) is 1.65. The van der Waals surface area contributed by atoms with E-state index in [-0.39, 0.29) is 12.4 Å². The second kappa shape index (κ2) is 7.04. The zero-order valence-electron chi connectivity index (χ0n) is 13.6. The van der Waals surface area contributed by atoms with Gasteiger partial charge >= 0.3 is 0 Å². The number of hydrogen-bond acceptors (Lipinski definition) is 4. The molecule has 0 aliphatic heterocycles. The first kappa shape index (κ1) is 15.9. The molecule has 0 amide bonds. The van der Waals surface area contributed by atoms with Crippen LogP contribution in [0.15, 0.2) is 60.7 Å². The van der Waals surface area contributed by atoms with Crippen LogP contribution in [0.5, 0.6) is 17.2 Å². The zero-order chi connectivity index (χ0) is 16.9. The van der Waals surface area contributed by atoms with E-state index in [0.29, 0.717) is 22.8 Å². The van der Waals surface area contributed by atoms with Gasteiger partial charge in [0.25, 0.3) is 0 Å². The average molecular weight is 322 g/mol. The van der Waals surface area contributed by atoms with Gasteiger partial charge in [0.1, 0.15) is 17.2 Å². The van der Waals surface area contributed by atoms with E-state index in [1.807, 2.05) is 42.5 Å². The molecular formula is C20H18O4. The quantitative estimate of drug-likeness (QED) is 0.640. The minimum Gasteiger partial charge on any atom is -0.497 e. The fourth-order valence-electron chi connectivity index (χ4n) is 2.57. The molecule has 0 radical (unpaired) electrons. The van der Waals surface area contributed by atoms with Crippen LogP contribution in [0.3, 0.4) is 0 Å². The number of fused-ring (bicyclic) bond motifs is 1. The Morgan fingerprint density at radius 1 is 0.875 bits per heavy atom. The lowest BCUT2D eigenvalue weighted by molar-refractivity contribution is 0.0919. The maximum Gasteiger partial charge on any atom is 0.203 e. The predicted molar refractivity (Wildman–Crippen MR) is 93.3 cm³/mol. The number of Topliss-reactive ketones (excluding diaryl/α,β-unsaturated/α-hetero) is 1. The van der Waals surface area contributed by atoms with Crippen molar-refractivity contribution in [2.45, 2.75) is 0 Å². The molecule has 122 valence electrons. The van der Waals surface area contributed by atoms with Gasteiger partial charge in [-0.1, -0.05) is 36.4 Å². The van der Waals surface area contributed by atoms with E-state index in [2.05, 4.69) is 0 Å². The monoisotopic (exact) mass is 322 g/mol. The molecule has 0 saturated heterocycles. The molecule has 24 heavy (non-hydrogen) atoms. The standard InChI is InChI=1S/C20H18O4/c1-22-15-10-11-17(20(12-15)23-2)18(21)13-24-19-9-5-7-14-6-3-4-8-16(14)19/h3-12H,13H2,1-2H3. The number of benzene rings is 3. The van der Waals surface area contributed by atoms with E-state index in [0.717, 1.165) is 10.8 Å². The fraction of sp³-hybridized carbons (Fsp3) is 0.150. The van der Waals surface area contributed by atoms with Crippen LogP contribution in [0.1, 0.15) is 10.4 Å². The van der Waals surface area contributed by atoms with Crippen LogP contribution >= 0.6 is 0 Å². The Morgan fingerprint density at radius 3 is 2.46 bits per heavy atom. The maximum atomic E-state index is 12.5. The summed E-state index contributed by atoms with van der Waals surface area (Å²) in [6, 6.07) is 18.8. The van der Waals surface area contributed by atoms with Gasteiger partial charge in [0.15, 0.2) is 6.61 Å². The van der Waals surface area contributed by atoms with Gasteiger partial charge in [0.05, 0.1) is 19.8 Å². The van der Waals surface area contributed by atoms with E-state index >= 15 is 0 Å². The van der Waals surface area contributed by atoms with Gasteiger partial charge in [-0.25, -0.2) is 0 Å². The highest BCUT2D eigenvalue weighted by atomic mass is 16.5. The highest BCUT2D eigenvalue weighted by Crippen LogP contribution is 2.27. The van der Waals surface area contributed by atoms with Gasteiger partial charge < -0.3 is 14.2 Å². The highest BCUT2D eigenvalue weighted by molar-refractivity contribution is 6.00. The first-order valence-corrected chi connectivity index (χ1v) is 7.58. The van der Waals surface area contributed by atoms with Crippen LogP contribution < -0.4 is 14.2 Å². The molecule has 0 spiro atoms. The second-order valence-corrected chi connectivity index (χ2v) is 5.26. The van der Waals surface area contributed by atoms with Crippen molar-refractivity contribution in [3.63, 3.8) is 0 Å². The van der Waals surface area contributed by atoms with Crippen LogP contribution in [0.4, 0.5) is 0 Å². The summed E-state index contributed by atoms with van der Waals surface area (Å²) >= 11 is 0. The second-order valence-electron chi connectivity index (χ2n) is 5.26. The molecule has 0 saturated carbocycles. The van der Waals surface area contributed by atoms with Crippen molar-refractivity contribution >= 4 is 16.6 Å². The van der Waals surface area contributed by atoms with Crippen molar-refractivity contribution in [2.24, 2.45) is 0 Å². The predicted octanol–water partition coefficient (Wildman–Crippen LogP) is 4.12. The molecule has 0 fully saturated rings. The van der Waals surface area contributed by atoms with E-state index in [1.165, 1.54) is 7.11 Å². The molecule has 0 aromatic heterocycles. The van der Waals surface area contributed by atoms with E-state index in [1.54, 1.807) is 25.3 Å². The summed E-state index contributed by atoms with van der Waals surface area (Å²) in [6.07, 6.45) is 0. The molecule has 0 atom stereocenters. The number of hydrogen-bond donors (Lipinski definition) is 0. The topological polar surface area (TPSA) is 44.8 Å². The van der Waals surface area contributed by atoms with Gasteiger partial charge in [-0.2, -0.15) is 0 Å². The first-order chi connectivity index (χ1) is 11.7. The SMILES string of the molecule is COc1ccc(C(=O)COc2cccc3ccccc23)c(OC)c1. The third-order valence-electron chi connectivity index (χ3n) is 3.82. The van der Waals surface area contributed by atoms with Gasteiger partial charge in [0.2, 0.25) is 5.78 Å². The third-order valence-corrected chi connectivity index (χ3v) is 3.82. The number of methoxy groups -OCH3 is 2. The van der Waals surface area contributed by atoms with Crippen molar-refractivity contribution in [1.82, 2.24) is 0 Å². The molecule has 0 bridgehead atoms. The van der Waals surface area contributed by atoms with Crippen molar-refractivity contribution in [1.29, 1.82) is 0 Å². The van der Waals surface area contributed by atoms with Crippen LogP contribution in [-0.2, 0) is 0 Å². The maximum absolute atomic E-state index is 12.5. The largest absolute Gasteiger partial charge is 0.497 e. The summed E-state index contributed by atoms with van der Waals surface area (Å²) in [6.45, 7) is -0.0588. The normalized spacial score (nSPS) is 10.4. The lowest BCUT2D eigenvalue weighted by atomic mass is 10.1. The van der Waals surface area contributed by atoms with Crippen molar-refractivity contribution in [3.8, 4) is 17.2 Å². The van der Waals surface area contributed by atoms with E-state index < -0.39 is 0 Å². The molecule has 0 N–H and O–H groups in total. The van der Waals surface area contributed by atoms with Gasteiger partial charge in [-0.3, -0.25) is 4.79 Å². The lowest BCUT2D eigenvalue weighted by Gasteiger charge is -2.11. The summed E-state index contributed by atoms with van der Waals surface area (Å²) in [5, 5.41) is 2.05. The first-order valence-electron chi connectivity index (χ1n) is 7.58. The number of ketones is 1. The van der Waals surface area contributed by atoms with Crippen LogP contribution in [0, 0.1) is 0 Å². The average Bonchev–Trinajstić information content (AvgIpc) is 2.65. The molecule has 4 heteroatoms.